The number of para-hydroxylation sites is 1. The molecule has 0 aliphatic carbocycles. The quantitative estimate of drug-likeness (QED) is 0.537. The highest BCUT2D eigenvalue weighted by molar-refractivity contribution is 6.09. The first-order valence-corrected chi connectivity index (χ1v) is 8.87. The number of hydrogen-bond acceptors (Lipinski definition) is 4. The van der Waals surface area contributed by atoms with E-state index in [1.54, 1.807) is 55.1 Å². The van der Waals surface area contributed by atoms with Gasteiger partial charge in [0.1, 0.15) is 23.1 Å². The van der Waals surface area contributed by atoms with Crippen molar-refractivity contribution in [3.05, 3.63) is 81.8 Å². The number of ether oxygens (including phenoxy) is 1. The lowest BCUT2D eigenvalue weighted by Gasteiger charge is -2.07. The minimum Gasteiger partial charge on any atom is -0.497 e. The lowest BCUT2D eigenvalue weighted by atomic mass is 10.1. The fraction of sp³-hybridized carbons (Fsp3) is 0.136. The molecule has 7 heteroatoms. The number of anilines is 1. The molecule has 0 bridgehead atoms. The Labute approximate surface area is 168 Å². The third-order valence-electron chi connectivity index (χ3n) is 4.56. The highest BCUT2D eigenvalue weighted by Crippen LogP contribution is 2.17. The van der Waals surface area contributed by atoms with Crippen molar-refractivity contribution in [3.8, 4) is 17.5 Å². The van der Waals surface area contributed by atoms with Crippen LogP contribution in [0.5, 0.6) is 5.75 Å². The van der Waals surface area contributed by atoms with Crippen LogP contribution in [0.4, 0.5) is 5.69 Å². The molecule has 1 aromatic heterocycles. The molecule has 146 valence electrons. The summed E-state index contributed by atoms with van der Waals surface area (Å²) in [6, 6.07) is 18.0. The Morgan fingerprint density at radius 1 is 1.17 bits per heavy atom. The molecule has 0 saturated heterocycles. The summed E-state index contributed by atoms with van der Waals surface area (Å²) in [7, 11) is 3.27. The summed E-state index contributed by atoms with van der Waals surface area (Å²) in [5.41, 5.74) is 1.54. The van der Waals surface area contributed by atoms with Crippen molar-refractivity contribution in [2.24, 2.45) is 7.05 Å². The van der Waals surface area contributed by atoms with E-state index < -0.39 is 5.91 Å². The first-order chi connectivity index (χ1) is 14.0. The number of nitriles is 1. The van der Waals surface area contributed by atoms with Crippen LogP contribution in [0.2, 0.25) is 0 Å². The average molecular weight is 388 g/mol. The van der Waals surface area contributed by atoms with E-state index in [2.05, 4.69) is 5.32 Å². The van der Waals surface area contributed by atoms with E-state index in [-0.39, 0.29) is 16.8 Å². The number of nitrogens with zero attached hydrogens (tertiary/aromatic N) is 3. The maximum Gasteiger partial charge on any atom is 0.295 e. The van der Waals surface area contributed by atoms with Crippen LogP contribution in [0.3, 0.4) is 0 Å². The monoisotopic (exact) mass is 388 g/mol. The Morgan fingerprint density at radius 2 is 1.90 bits per heavy atom. The van der Waals surface area contributed by atoms with Crippen LogP contribution in [0.15, 0.2) is 65.0 Å². The fourth-order valence-corrected chi connectivity index (χ4v) is 2.94. The summed E-state index contributed by atoms with van der Waals surface area (Å²) < 4.78 is 8.27. The van der Waals surface area contributed by atoms with Crippen LogP contribution in [-0.2, 0) is 11.8 Å². The molecule has 29 heavy (non-hydrogen) atoms. The fourth-order valence-electron chi connectivity index (χ4n) is 2.94. The summed E-state index contributed by atoms with van der Waals surface area (Å²) in [6.45, 7) is 1.73. The van der Waals surface area contributed by atoms with Gasteiger partial charge in [-0.15, -0.1) is 0 Å². The van der Waals surface area contributed by atoms with Gasteiger partial charge in [0, 0.05) is 7.05 Å². The smallest absolute Gasteiger partial charge is 0.295 e. The molecule has 3 aromatic rings. The molecule has 0 atom stereocenters. The van der Waals surface area contributed by atoms with Gasteiger partial charge in [0.05, 0.1) is 18.5 Å². The number of aromatic nitrogens is 2. The highest BCUT2D eigenvalue weighted by atomic mass is 16.5. The summed E-state index contributed by atoms with van der Waals surface area (Å²) in [5, 5.41) is 12.0. The van der Waals surface area contributed by atoms with E-state index in [0.29, 0.717) is 22.7 Å². The van der Waals surface area contributed by atoms with Gasteiger partial charge in [-0.05, 0) is 42.8 Å². The number of nitrogens with one attached hydrogen (secondary N) is 1. The summed E-state index contributed by atoms with van der Waals surface area (Å²) in [4.78, 5) is 25.6. The lowest BCUT2D eigenvalue weighted by molar-refractivity contribution is -0.112. The first kappa shape index (κ1) is 19.7. The number of benzene rings is 2. The van der Waals surface area contributed by atoms with Crippen molar-refractivity contribution in [2.45, 2.75) is 6.92 Å². The van der Waals surface area contributed by atoms with Crippen molar-refractivity contribution < 1.29 is 9.53 Å². The van der Waals surface area contributed by atoms with Crippen molar-refractivity contribution in [2.75, 3.05) is 12.4 Å². The normalized spacial score (nSPS) is 11.0. The second kappa shape index (κ2) is 8.31. The molecule has 0 saturated carbocycles. The molecule has 0 fully saturated rings. The second-order valence-corrected chi connectivity index (χ2v) is 6.34. The molecule has 3 rings (SSSR count). The van der Waals surface area contributed by atoms with E-state index in [1.807, 2.05) is 24.3 Å². The van der Waals surface area contributed by atoms with Gasteiger partial charge in [0.15, 0.2) is 0 Å². The SMILES string of the molecule is COc1cccc(C=C(C#N)C(=O)Nc2c(C)n(C)n(-c3ccccc3)c2=O)c1. The van der Waals surface area contributed by atoms with Gasteiger partial charge in [-0.25, -0.2) is 4.68 Å². The molecule has 1 amide bonds. The molecule has 1 heterocycles. The zero-order chi connectivity index (χ0) is 21.0. The Hall–Kier alpha value is -4.05. The van der Waals surface area contributed by atoms with Crippen LogP contribution in [0, 0.1) is 18.3 Å². The molecule has 0 aliphatic heterocycles. The molecule has 0 spiro atoms. The van der Waals surface area contributed by atoms with E-state index >= 15 is 0 Å². The van der Waals surface area contributed by atoms with E-state index in [4.69, 9.17) is 4.74 Å². The Bertz CT molecular complexity index is 1180. The maximum absolute atomic E-state index is 12.9. The number of methoxy groups -OCH3 is 1. The third kappa shape index (κ3) is 3.96. The van der Waals surface area contributed by atoms with Gasteiger partial charge in [-0.2, -0.15) is 5.26 Å². The number of carbonyl (C=O) groups is 1. The standard InChI is InChI=1S/C22H20N4O3/c1-15-20(22(28)26(25(15)2)18-9-5-4-6-10-18)24-21(27)17(14-23)12-16-8-7-11-19(13-16)29-3/h4-13H,1-3H3,(H,24,27). The Balaban J connectivity index is 1.95. The molecule has 7 nitrogen and oxygen atoms in total. The molecule has 1 N–H and O–H groups in total. The van der Waals surface area contributed by atoms with Gasteiger partial charge >= 0.3 is 0 Å². The average Bonchev–Trinajstić information content (AvgIpc) is 2.95. The second-order valence-electron chi connectivity index (χ2n) is 6.34. The van der Waals surface area contributed by atoms with E-state index in [0.717, 1.165) is 0 Å². The van der Waals surface area contributed by atoms with Gasteiger partial charge in [0.2, 0.25) is 0 Å². The molecular weight excluding hydrogens is 368 g/mol. The predicted octanol–water partition coefficient (Wildman–Crippen LogP) is 3.04. The zero-order valence-electron chi connectivity index (χ0n) is 16.3. The summed E-state index contributed by atoms with van der Waals surface area (Å²) in [5.74, 6) is -0.0394. The van der Waals surface area contributed by atoms with Crippen LogP contribution < -0.4 is 15.6 Å². The first-order valence-electron chi connectivity index (χ1n) is 8.87. The van der Waals surface area contributed by atoms with Gasteiger partial charge in [-0.3, -0.25) is 14.3 Å². The summed E-state index contributed by atoms with van der Waals surface area (Å²) >= 11 is 0. The number of carbonyl (C=O) groups excluding carboxylic acids is 1. The zero-order valence-corrected chi connectivity index (χ0v) is 16.3. The topological polar surface area (TPSA) is 89.0 Å². The van der Waals surface area contributed by atoms with Crippen molar-refractivity contribution in [1.29, 1.82) is 5.26 Å². The number of amides is 1. The molecular formula is C22H20N4O3. The predicted molar refractivity (Wildman–Crippen MR) is 111 cm³/mol. The number of rotatable bonds is 5. The molecule has 2 aromatic carbocycles. The molecule has 0 unspecified atom stereocenters. The van der Waals surface area contributed by atoms with E-state index in [1.165, 1.54) is 17.9 Å². The van der Waals surface area contributed by atoms with Crippen LogP contribution in [0.25, 0.3) is 11.8 Å². The molecule has 0 aliphatic rings. The van der Waals surface area contributed by atoms with Gasteiger partial charge in [0.25, 0.3) is 11.5 Å². The van der Waals surface area contributed by atoms with E-state index in [9.17, 15) is 14.9 Å². The Kier molecular flexibility index (Phi) is 5.65. The minimum absolute atomic E-state index is 0.118. The minimum atomic E-state index is -0.652. The summed E-state index contributed by atoms with van der Waals surface area (Å²) in [6.07, 6.45) is 1.45. The highest BCUT2D eigenvalue weighted by Gasteiger charge is 2.19. The molecule has 0 radical (unpaired) electrons. The van der Waals surface area contributed by atoms with Gasteiger partial charge < -0.3 is 10.1 Å². The largest absolute Gasteiger partial charge is 0.497 e. The van der Waals surface area contributed by atoms with Crippen LogP contribution in [0.1, 0.15) is 11.3 Å². The number of hydrogen-bond donors (Lipinski definition) is 1. The van der Waals surface area contributed by atoms with Crippen molar-refractivity contribution in [3.63, 3.8) is 0 Å². The van der Waals surface area contributed by atoms with Gasteiger partial charge in [-0.1, -0.05) is 30.3 Å². The maximum atomic E-state index is 12.9. The van der Waals surface area contributed by atoms with Crippen LogP contribution >= 0.6 is 0 Å². The van der Waals surface area contributed by atoms with Crippen LogP contribution in [-0.4, -0.2) is 22.4 Å². The Morgan fingerprint density at radius 3 is 2.55 bits per heavy atom. The van der Waals surface area contributed by atoms with Crippen molar-refractivity contribution >= 4 is 17.7 Å². The van der Waals surface area contributed by atoms with Crippen molar-refractivity contribution in [1.82, 2.24) is 9.36 Å². The third-order valence-corrected chi connectivity index (χ3v) is 4.56. The lowest BCUT2D eigenvalue weighted by Crippen LogP contribution is -2.23.